The average Bonchev–Trinajstić information content (AvgIpc) is 2.71. The number of hydrogen-bond donors (Lipinski definition) is 3. The summed E-state index contributed by atoms with van der Waals surface area (Å²) < 4.78 is 0. The van der Waals surface area contributed by atoms with Crippen molar-refractivity contribution in [2.45, 2.75) is 58.5 Å². The molecule has 8 nitrogen and oxygen atoms in total. The molecule has 2 aromatic heterocycles. The molecule has 154 valence electrons. The number of pyridine rings is 1. The van der Waals surface area contributed by atoms with Crippen LogP contribution in [-0.4, -0.2) is 44.3 Å². The molecule has 3 N–H and O–H groups in total. The van der Waals surface area contributed by atoms with Crippen molar-refractivity contribution in [1.29, 1.82) is 0 Å². The van der Waals surface area contributed by atoms with Crippen molar-refractivity contribution in [2.75, 3.05) is 17.2 Å². The molecule has 0 aromatic carbocycles. The minimum Gasteiger partial charge on any atom is -0.393 e. The Morgan fingerprint density at radius 2 is 2.03 bits per heavy atom. The number of aliphatic hydroxyl groups excluding tert-OH is 1. The fourth-order valence-electron chi connectivity index (χ4n) is 3.13. The zero-order chi connectivity index (χ0) is 20.6. The smallest absolute Gasteiger partial charge is 0.224 e. The number of amides is 1. The van der Waals surface area contributed by atoms with Gasteiger partial charge in [0.25, 0.3) is 0 Å². The van der Waals surface area contributed by atoms with Gasteiger partial charge in [-0.25, -0.2) is 9.98 Å². The molecule has 8 heteroatoms. The van der Waals surface area contributed by atoms with Crippen LogP contribution in [0, 0.1) is 0 Å². The van der Waals surface area contributed by atoms with E-state index < -0.39 is 0 Å². The van der Waals surface area contributed by atoms with Crippen molar-refractivity contribution in [3.8, 4) is 11.3 Å². The highest BCUT2D eigenvalue weighted by Crippen LogP contribution is 2.30. The first-order valence-electron chi connectivity index (χ1n) is 10.1. The van der Waals surface area contributed by atoms with Crippen LogP contribution in [0.25, 0.3) is 11.3 Å². The fourth-order valence-corrected chi connectivity index (χ4v) is 3.13. The van der Waals surface area contributed by atoms with Gasteiger partial charge in [0.2, 0.25) is 11.9 Å². The van der Waals surface area contributed by atoms with E-state index >= 15 is 0 Å². The molecule has 2 heterocycles. The summed E-state index contributed by atoms with van der Waals surface area (Å²) in [6.07, 6.45) is 8.21. The van der Waals surface area contributed by atoms with E-state index in [9.17, 15) is 9.90 Å². The number of aliphatic hydroxyl groups is 1. The number of unbranched alkanes of at least 4 members (excludes halogenated alkanes) is 1. The Balaban J connectivity index is 1.90. The Morgan fingerprint density at radius 3 is 2.69 bits per heavy atom. The standard InChI is InChI=1S/C21H28N6O2/c1-3-4-11-22-21-24-13-18(19-10-7-16(12-23-19)25-14(2)28)20(27-21)26-15-5-8-17(29)9-6-15/h7,10,12-13,17,29H,3-6,8-9,11H2,1-2H3,(H,25,28)(H,22,24,27). The average molecular weight is 396 g/mol. The summed E-state index contributed by atoms with van der Waals surface area (Å²) in [5, 5.41) is 15.7. The summed E-state index contributed by atoms with van der Waals surface area (Å²) in [7, 11) is 0. The van der Waals surface area contributed by atoms with Crippen LogP contribution in [0.4, 0.5) is 17.5 Å². The molecule has 0 saturated heterocycles. The SMILES string of the molecule is CCCCNc1ncc(-c2ccc(NC(C)=O)cn2)c(N=C2CCC(O)CC2)n1. The molecule has 0 bridgehead atoms. The molecule has 0 radical (unpaired) electrons. The predicted molar refractivity (Wildman–Crippen MR) is 115 cm³/mol. The number of anilines is 2. The minimum absolute atomic E-state index is 0.142. The van der Waals surface area contributed by atoms with Crippen LogP contribution in [-0.2, 0) is 4.79 Å². The van der Waals surface area contributed by atoms with E-state index in [4.69, 9.17) is 4.99 Å². The summed E-state index contributed by atoms with van der Waals surface area (Å²) in [6.45, 7) is 4.40. The molecular weight excluding hydrogens is 368 g/mol. The minimum atomic E-state index is -0.243. The zero-order valence-corrected chi connectivity index (χ0v) is 17.0. The molecular formula is C21H28N6O2. The summed E-state index contributed by atoms with van der Waals surface area (Å²) in [5.41, 5.74) is 3.09. The summed E-state index contributed by atoms with van der Waals surface area (Å²) in [6, 6.07) is 3.62. The number of rotatable bonds is 7. The second kappa shape index (κ2) is 10.1. The van der Waals surface area contributed by atoms with E-state index in [0.29, 0.717) is 23.1 Å². The molecule has 0 unspecified atom stereocenters. The van der Waals surface area contributed by atoms with Crippen molar-refractivity contribution in [3.63, 3.8) is 0 Å². The highest BCUT2D eigenvalue weighted by molar-refractivity contribution is 5.90. The van der Waals surface area contributed by atoms with E-state index in [1.165, 1.54) is 6.92 Å². The Morgan fingerprint density at radius 1 is 1.24 bits per heavy atom. The van der Waals surface area contributed by atoms with Gasteiger partial charge in [0, 0.05) is 25.4 Å². The van der Waals surface area contributed by atoms with Gasteiger partial charge in [-0.2, -0.15) is 4.98 Å². The first kappa shape index (κ1) is 20.9. The van der Waals surface area contributed by atoms with E-state index in [0.717, 1.165) is 56.3 Å². The Labute approximate surface area is 170 Å². The number of nitrogens with zero attached hydrogens (tertiary/aromatic N) is 4. The second-order valence-corrected chi connectivity index (χ2v) is 7.23. The van der Waals surface area contributed by atoms with Crippen LogP contribution in [0.3, 0.4) is 0 Å². The molecule has 2 aromatic rings. The van der Waals surface area contributed by atoms with Crippen LogP contribution < -0.4 is 10.6 Å². The van der Waals surface area contributed by atoms with Crippen LogP contribution in [0.2, 0.25) is 0 Å². The lowest BCUT2D eigenvalue weighted by Crippen LogP contribution is -2.17. The van der Waals surface area contributed by atoms with Gasteiger partial charge in [-0.3, -0.25) is 9.78 Å². The quantitative estimate of drug-likeness (QED) is 0.615. The maximum absolute atomic E-state index is 11.2. The monoisotopic (exact) mass is 396 g/mol. The molecule has 0 atom stereocenters. The molecule has 29 heavy (non-hydrogen) atoms. The van der Waals surface area contributed by atoms with Gasteiger partial charge in [-0.05, 0) is 44.2 Å². The summed E-state index contributed by atoms with van der Waals surface area (Å²) in [5.74, 6) is 0.981. The highest BCUT2D eigenvalue weighted by atomic mass is 16.3. The number of carbonyl (C=O) groups excluding carboxylic acids is 1. The first-order chi connectivity index (χ1) is 14.0. The van der Waals surface area contributed by atoms with Crippen molar-refractivity contribution < 1.29 is 9.90 Å². The van der Waals surface area contributed by atoms with Crippen LogP contribution in [0.1, 0.15) is 52.4 Å². The first-order valence-corrected chi connectivity index (χ1v) is 10.1. The Kier molecular flexibility index (Phi) is 7.24. The van der Waals surface area contributed by atoms with Gasteiger partial charge < -0.3 is 15.7 Å². The number of aromatic nitrogens is 3. The summed E-state index contributed by atoms with van der Waals surface area (Å²) in [4.78, 5) is 29.5. The number of carbonyl (C=O) groups is 1. The van der Waals surface area contributed by atoms with Gasteiger partial charge in [0.1, 0.15) is 0 Å². The number of aliphatic imine (C=N–C) groups is 1. The lowest BCUT2D eigenvalue weighted by molar-refractivity contribution is -0.114. The number of hydrogen-bond acceptors (Lipinski definition) is 7. The zero-order valence-electron chi connectivity index (χ0n) is 17.0. The lowest BCUT2D eigenvalue weighted by atomic mass is 9.96. The molecule has 1 saturated carbocycles. The third-order valence-corrected chi connectivity index (χ3v) is 4.74. The van der Waals surface area contributed by atoms with Crippen molar-refractivity contribution in [3.05, 3.63) is 24.5 Å². The molecule has 1 amide bonds. The van der Waals surface area contributed by atoms with Gasteiger partial charge >= 0.3 is 0 Å². The Bertz CT molecular complexity index is 856. The van der Waals surface area contributed by atoms with Gasteiger partial charge in [-0.1, -0.05) is 13.3 Å². The third-order valence-electron chi connectivity index (χ3n) is 4.74. The molecule has 1 aliphatic rings. The second-order valence-electron chi connectivity index (χ2n) is 7.23. The van der Waals surface area contributed by atoms with Crippen LogP contribution in [0.5, 0.6) is 0 Å². The largest absolute Gasteiger partial charge is 0.393 e. The van der Waals surface area contributed by atoms with Gasteiger partial charge in [-0.15, -0.1) is 0 Å². The molecule has 1 aliphatic carbocycles. The van der Waals surface area contributed by atoms with Crippen molar-refractivity contribution >= 4 is 29.1 Å². The topological polar surface area (TPSA) is 112 Å². The maximum atomic E-state index is 11.2. The van der Waals surface area contributed by atoms with E-state index in [1.807, 2.05) is 6.07 Å². The summed E-state index contributed by atoms with van der Waals surface area (Å²) >= 11 is 0. The van der Waals surface area contributed by atoms with Crippen molar-refractivity contribution in [1.82, 2.24) is 15.0 Å². The normalized spacial score (nSPS) is 16.4. The maximum Gasteiger partial charge on any atom is 0.224 e. The van der Waals surface area contributed by atoms with Crippen LogP contribution in [0.15, 0.2) is 29.5 Å². The van der Waals surface area contributed by atoms with Crippen molar-refractivity contribution in [2.24, 2.45) is 4.99 Å². The van der Waals surface area contributed by atoms with E-state index in [-0.39, 0.29) is 12.0 Å². The molecule has 1 fully saturated rings. The Hall–Kier alpha value is -2.87. The van der Waals surface area contributed by atoms with Gasteiger partial charge in [0.15, 0.2) is 5.82 Å². The molecule has 0 spiro atoms. The fraction of sp³-hybridized carbons (Fsp3) is 0.476. The lowest BCUT2D eigenvalue weighted by Gasteiger charge is -2.18. The molecule has 3 rings (SSSR count). The molecule has 0 aliphatic heterocycles. The van der Waals surface area contributed by atoms with E-state index in [1.54, 1.807) is 18.5 Å². The third kappa shape index (κ3) is 6.05. The predicted octanol–water partition coefficient (Wildman–Crippen LogP) is 3.72. The van der Waals surface area contributed by atoms with Crippen LogP contribution >= 0.6 is 0 Å². The van der Waals surface area contributed by atoms with Gasteiger partial charge in [0.05, 0.1) is 29.2 Å². The highest BCUT2D eigenvalue weighted by Gasteiger charge is 2.17. The van der Waals surface area contributed by atoms with E-state index in [2.05, 4.69) is 32.5 Å². The number of nitrogens with one attached hydrogen (secondary N) is 2.